The molecule has 126 valence electrons. The van der Waals surface area contributed by atoms with Crippen molar-refractivity contribution in [1.29, 1.82) is 0 Å². The Morgan fingerprint density at radius 2 is 1.91 bits per heavy atom. The van der Waals surface area contributed by atoms with E-state index in [-0.39, 0.29) is 18.4 Å². The Hall–Kier alpha value is -2.57. The van der Waals surface area contributed by atoms with Gasteiger partial charge in [0.1, 0.15) is 11.8 Å². The predicted molar refractivity (Wildman–Crippen MR) is 87.1 cm³/mol. The SMILES string of the molecule is CCCNC(=O)[C@@H](C)NC(=O)COc1ccccc1NC(C)=O. The number of amides is 3. The van der Waals surface area contributed by atoms with Crippen molar-refractivity contribution in [3.05, 3.63) is 24.3 Å². The van der Waals surface area contributed by atoms with Gasteiger partial charge in [0, 0.05) is 13.5 Å². The number of rotatable bonds is 8. The van der Waals surface area contributed by atoms with E-state index in [1.54, 1.807) is 31.2 Å². The molecular weight excluding hydrogens is 298 g/mol. The van der Waals surface area contributed by atoms with Crippen LogP contribution < -0.4 is 20.7 Å². The molecule has 3 N–H and O–H groups in total. The van der Waals surface area contributed by atoms with Gasteiger partial charge in [-0.15, -0.1) is 0 Å². The number of carbonyl (C=O) groups is 3. The molecule has 1 aromatic carbocycles. The summed E-state index contributed by atoms with van der Waals surface area (Å²) in [6, 6.07) is 6.17. The lowest BCUT2D eigenvalue weighted by atomic mass is 10.3. The Bertz CT molecular complexity index is 560. The second kappa shape index (κ2) is 9.45. The van der Waals surface area contributed by atoms with Crippen LogP contribution in [-0.2, 0) is 14.4 Å². The minimum atomic E-state index is -0.636. The summed E-state index contributed by atoms with van der Waals surface area (Å²) >= 11 is 0. The van der Waals surface area contributed by atoms with E-state index in [0.717, 1.165) is 6.42 Å². The van der Waals surface area contributed by atoms with Crippen molar-refractivity contribution in [2.75, 3.05) is 18.5 Å². The van der Waals surface area contributed by atoms with Gasteiger partial charge in [0.05, 0.1) is 5.69 Å². The minimum Gasteiger partial charge on any atom is -0.482 e. The highest BCUT2D eigenvalue weighted by molar-refractivity contribution is 5.90. The molecule has 0 fully saturated rings. The summed E-state index contributed by atoms with van der Waals surface area (Å²) in [5, 5.41) is 7.88. The van der Waals surface area contributed by atoms with E-state index in [0.29, 0.717) is 18.0 Å². The lowest BCUT2D eigenvalue weighted by molar-refractivity contribution is -0.129. The fourth-order valence-electron chi connectivity index (χ4n) is 1.78. The Morgan fingerprint density at radius 3 is 2.57 bits per heavy atom. The molecule has 7 heteroatoms. The second-order valence-corrected chi connectivity index (χ2v) is 5.05. The smallest absolute Gasteiger partial charge is 0.258 e. The third kappa shape index (κ3) is 6.82. The minimum absolute atomic E-state index is 0.230. The number of hydrogen-bond acceptors (Lipinski definition) is 4. The molecule has 3 amide bonds. The molecule has 7 nitrogen and oxygen atoms in total. The highest BCUT2D eigenvalue weighted by Gasteiger charge is 2.15. The molecule has 0 aliphatic carbocycles. The van der Waals surface area contributed by atoms with Crippen LogP contribution in [0.2, 0.25) is 0 Å². The first kappa shape index (κ1) is 18.5. The average Bonchev–Trinajstić information content (AvgIpc) is 2.51. The van der Waals surface area contributed by atoms with Crippen LogP contribution in [0.25, 0.3) is 0 Å². The van der Waals surface area contributed by atoms with Crippen LogP contribution in [0.15, 0.2) is 24.3 Å². The van der Waals surface area contributed by atoms with E-state index in [4.69, 9.17) is 4.74 Å². The van der Waals surface area contributed by atoms with Gasteiger partial charge in [0.15, 0.2) is 6.61 Å². The highest BCUT2D eigenvalue weighted by atomic mass is 16.5. The van der Waals surface area contributed by atoms with Crippen molar-refractivity contribution in [3.8, 4) is 5.75 Å². The zero-order valence-electron chi connectivity index (χ0n) is 13.6. The molecule has 0 saturated carbocycles. The molecule has 0 spiro atoms. The molecular formula is C16H23N3O4. The standard InChI is InChI=1S/C16H23N3O4/c1-4-9-17-16(22)11(2)18-15(21)10-23-14-8-6-5-7-13(14)19-12(3)20/h5-8,11H,4,9-10H2,1-3H3,(H,17,22)(H,18,21)(H,19,20)/t11-/m1/s1. The summed E-state index contributed by atoms with van der Waals surface area (Å²) in [7, 11) is 0. The number of para-hydroxylation sites is 2. The van der Waals surface area contributed by atoms with Gasteiger partial charge >= 0.3 is 0 Å². The lowest BCUT2D eigenvalue weighted by Crippen LogP contribution is -2.46. The van der Waals surface area contributed by atoms with Crippen LogP contribution in [0, 0.1) is 0 Å². The fourth-order valence-corrected chi connectivity index (χ4v) is 1.78. The van der Waals surface area contributed by atoms with E-state index < -0.39 is 11.9 Å². The van der Waals surface area contributed by atoms with E-state index in [2.05, 4.69) is 16.0 Å². The first-order valence-electron chi connectivity index (χ1n) is 7.50. The first-order chi connectivity index (χ1) is 10.9. The fraction of sp³-hybridized carbons (Fsp3) is 0.438. The van der Waals surface area contributed by atoms with Crippen LogP contribution in [0.4, 0.5) is 5.69 Å². The molecule has 1 rings (SSSR count). The van der Waals surface area contributed by atoms with Gasteiger partial charge in [0.25, 0.3) is 5.91 Å². The molecule has 1 aromatic rings. The molecule has 0 heterocycles. The number of ether oxygens (including phenoxy) is 1. The number of benzene rings is 1. The normalized spacial score (nSPS) is 11.3. The van der Waals surface area contributed by atoms with Gasteiger partial charge in [-0.2, -0.15) is 0 Å². The van der Waals surface area contributed by atoms with Gasteiger partial charge in [-0.05, 0) is 25.5 Å². The Morgan fingerprint density at radius 1 is 1.22 bits per heavy atom. The number of hydrogen-bond donors (Lipinski definition) is 3. The molecule has 0 aliphatic rings. The third-order valence-electron chi connectivity index (χ3n) is 2.88. The molecule has 0 aliphatic heterocycles. The Kier molecular flexibility index (Phi) is 7.59. The quantitative estimate of drug-likeness (QED) is 0.667. The van der Waals surface area contributed by atoms with Crippen molar-refractivity contribution in [2.24, 2.45) is 0 Å². The Balaban J connectivity index is 2.50. The molecule has 23 heavy (non-hydrogen) atoms. The molecule has 1 atom stereocenters. The summed E-state index contributed by atoms with van der Waals surface area (Å²) in [4.78, 5) is 34.6. The highest BCUT2D eigenvalue weighted by Crippen LogP contribution is 2.23. The van der Waals surface area contributed by atoms with E-state index in [1.165, 1.54) is 6.92 Å². The van der Waals surface area contributed by atoms with Crippen molar-refractivity contribution < 1.29 is 19.1 Å². The zero-order valence-corrected chi connectivity index (χ0v) is 13.6. The van der Waals surface area contributed by atoms with Gasteiger partial charge < -0.3 is 20.7 Å². The van der Waals surface area contributed by atoms with E-state index >= 15 is 0 Å². The van der Waals surface area contributed by atoms with E-state index in [1.807, 2.05) is 6.92 Å². The van der Waals surface area contributed by atoms with Gasteiger partial charge in [-0.1, -0.05) is 19.1 Å². The molecule has 0 saturated heterocycles. The van der Waals surface area contributed by atoms with Crippen LogP contribution >= 0.6 is 0 Å². The molecule has 0 unspecified atom stereocenters. The largest absolute Gasteiger partial charge is 0.482 e. The summed E-state index contributed by atoms with van der Waals surface area (Å²) in [6.45, 7) is 5.26. The monoisotopic (exact) mass is 321 g/mol. The molecule has 0 bridgehead atoms. The Labute approximate surface area is 135 Å². The van der Waals surface area contributed by atoms with E-state index in [9.17, 15) is 14.4 Å². The summed E-state index contributed by atoms with van der Waals surface area (Å²) in [5.74, 6) is -0.492. The molecule has 0 aromatic heterocycles. The zero-order chi connectivity index (χ0) is 17.2. The van der Waals surface area contributed by atoms with Crippen LogP contribution in [-0.4, -0.2) is 36.9 Å². The maximum Gasteiger partial charge on any atom is 0.258 e. The van der Waals surface area contributed by atoms with Crippen molar-refractivity contribution in [1.82, 2.24) is 10.6 Å². The van der Waals surface area contributed by atoms with Crippen LogP contribution in [0.5, 0.6) is 5.75 Å². The number of nitrogens with one attached hydrogen (secondary N) is 3. The number of anilines is 1. The maximum absolute atomic E-state index is 11.8. The van der Waals surface area contributed by atoms with Crippen LogP contribution in [0.3, 0.4) is 0 Å². The van der Waals surface area contributed by atoms with Gasteiger partial charge in [-0.25, -0.2) is 0 Å². The summed E-state index contributed by atoms with van der Waals surface area (Å²) < 4.78 is 5.40. The third-order valence-corrected chi connectivity index (χ3v) is 2.88. The second-order valence-electron chi connectivity index (χ2n) is 5.05. The van der Waals surface area contributed by atoms with Crippen LogP contribution in [0.1, 0.15) is 27.2 Å². The van der Waals surface area contributed by atoms with Crippen molar-refractivity contribution >= 4 is 23.4 Å². The number of carbonyl (C=O) groups excluding carboxylic acids is 3. The van der Waals surface area contributed by atoms with Crippen molar-refractivity contribution in [3.63, 3.8) is 0 Å². The average molecular weight is 321 g/mol. The predicted octanol–water partition coefficient (Wildman–Crippen LogP) is 1.05. The first-order valence-corrected chi connectivity index (χ1v) is 7.50. The summed E-state index contributed by atoms with van der Waals surface area (Å²) in [5.41, 5.74) is 0.488. The topological polar surface area (TPSA) is 96.5 Å². The molecule has 0 radical (unpaired) electrons. The van der Waals surface area contributed by atoms with Crippen molar-refractivity contribution in [2.45, 2.75) is 33.2 Å². The summed E-state index contributed by atoms with van der Waals surface area (Å²) in [6.07, 6.45) is 0.829. The maximum atomic E-state index is 11.8. The van der Waals surface area contributed by atoms with Gasteiger partial charge in [0.2, 0.25) is 11.8 Å². The lowest BCUT2D eigenvalue weighted by Gasteiger charge is -2.15. The van der Waals surface area contributed by atoms with Gasteiger partial charge in [-0.3, -0.25) is 14.4 Å².